The molecule has 2 N–H and O–H groups in total. The van der Waals surface area contributed by atoms with Crippen LogP contribution in [0, 0.1) is 0 Å². The summed E-state index contributed by atoms with van der Waals surface area (Å²) < 4.78 is 5.25. The maximum atomic E-state index is 11.4. The van der Waals surface area contributed by atoms with Gasteiger partial charge in [-0.1, -0.05) is 12.1 Å². The standard InChI is InChI=1S/C11H13BrN2O3/c1-17-10(15)6-7-13-11(16)14-9-5-3-2-4-8(9)12/h2-5H,6-7H2,1H3,(H2,13,14,16). The number of esters is 1. The number of methoxy groups -OCH3 is 1. The highest BCUT2D eigenvalue weighted by atomic mass is 79.9. The lowest BCUT2D eigenvalue weighted by atomic mass is 10.3. The number of carbonyl (C=O) groups excluding carboxylic acids is 2. The van der Waals surface area contributed by atoms with Crippen LogP contribution in [0.4, 0.5) is 10.5 Å². The van der Waals surface area contributed by atoms with Gasteiger partial charge >= 0.3 is 12.0 Å². The Balaban J connectivity index is 2.35. The van der Waals surface area contributed by atoms with Gasteiger partial charge in [-0.05, 0) is 28.1 Å². The molecule has 6 heteroatoms. The smallest absolute Gasteiger partial charge is 0.319 e. The Bertz CT molecular complexity index is 409. The maximum absolute atomic E-state index is 11.4. The van der Waals surface area contributed by atoms with Crippen LogP contribution in [0.3, 0.4) is 0 Å². The van der Waals surface area contributed by atoms with E-state index in [2.05, 4.69) is 31.3 Å². The highest BCUT2D eigenvalue weighted by Crippen LogP contribution is 2.20. The molecule has 92 valence electrons. The van der Waals surface area contributed by atoms with Gasteiger partial charge in [0.05, 0.1) is 19.2 Å². The molecule has 0 fully saturated rings. The molecule has 0 saturated heterocycles. The molecule has 1 aromatic rings. The van der Waals surface area contributed by atoms with E-state index in [1.165, 1.54) is 7.11 Å². The number of para-hydroxylation sites is 1. The van der Waals surface area contributed by atoms with E-state index in [1.54, 1.807) is 6.07 Å². The van der Waals surface area contributed by atoms with Crippen molar-refractivity contribution < 1.29 is 14.3 Å². The SMILES string of the molecule is COC(=O)CCNC(=O)Nc1ccccc1Br. The third-order valence-electron chi connectivity index (χ3n) is 1.96. The lowest BCUT2D eigenvalue weighted by Gasteiger charge is -2.08. The molecule has 0 aliphatic rings. The normalized spacial score (nSPS) is 9.53. The summed E-state index contributed by atoms with van der Waals surface area (Å²) in [5.74, 6) is -0.355. The summed E-state index contributed by atoms with van der Waals surface area (Å²) in [4.78, 5) is 22.2. The molecular weight excluding hydrogens is 288 g/mol. The molecule has 0 radical (unpaired) electrons. The number of urea groups is 1. The minimum absolute atomic E-state index is 0.153. The van der Waals surface area contributed by atoms with Crippen LogP contribution in [-0.4, -0.2) is 25.7 Å². The van der Waals surface area contributed by atoms with Gasteiger partial charge in [-0.3, -0.25) is 4.79 Å². The summed E-state index contributed by atoms with van der Waals surface area (Å²) in [5.41, 5.74) is 0.670. The first-order valence-electron chi connectivity index (χ1n) is 4.99. The fourth-order valence-corrected chi connectivity index (χ4v) is 1.49. The van der Waals surface area contributed by atoms with Crippen LogP contribution in [-0.2, 0) is 9.53 Å². The van der Waals surface area contributed by atoms with E-state index < -0.39 is 0 Å². The molecule has 5 nitrogen and oxygen atoms in total. The summed E-state index contributed by atoms with van der Waals surface area (Å²) in [6, 6.07) is 6.90. The Hall–Kier alpha value is -1.56. The molecule has 0 aliphatic carbocycles. The minimum Gasteiger partial charge on any atom is -0.469 e. The number of carbonyl (C=O) groups is 2. The van der Waals surface area contributed by atoms with Crippen molar-refractivity contribution in [2.45, 2.75) is 6.42 Å². The summed E-state index contributed by atoms with van der Waals surface area (Å²) in [6.45, 7) is 0.239. The second kappa shape index (κ2) is 6.90. The largest absolute Gasteiger partial charge is 0.469 e. The van der Waals surface area contributed by atoms with Crippen LogP contribution in [0.2, 0.25) is 0 Å². The van der Waals surface area contributed by atoms with E-state index >= 15 is 0 Å². The van der Waals surface area contributed by atoms with E-state index in [-0.39, 0.29) is 25.0 Å². The van der Waals surface area contributed by atoms with Gasteiger partial charge in [-0.2, -0.15) is 0 Å². The highest BCUT2D eigenvalue weighted by molar-refractivity contribution is 9.10. The van der Waals surface area contributed by atoms with E-state index in [4.69, 9.17) is 0 Å². The Morgan fingerprint density at radius 3 is 2.71 bits per heavy atom. The van der Waals surface area contributed by atoms with Gasteiger partial charge in [-0.25, -0.2) is 4.79 Å². The van der Waals surface area contributed by atoms with Crippen LogP contribution in [0.15, 0.2) is 28.7 Å². The van der Waals surface area contributed by atoms with E-state index in [9.17, 15) is 9.59 Å². The molecule has 0 aromatic heterocycles. The molecular formula is C11H13BrN2O3. The zero-order valence-electron chi connectivity index (χ0n) is 9.33. The monoisotopic (exact) mass is 300 g/mol. The molecule has 2 amide bonds. The van der Waals surface area contributed by atoms with Crippen molar-refractivity contribution in [1.82, 2.24) is 5.32 Å². The fourth-order valence-electron chi connectivity index (χ4n) is 1.11. The van der Waals surface area contributed by atoms with Crippen molar-refractivity contribution in [3.05, 3.63) is 28.7 Å². The number of nitrogens with one attached hydrogen (secondary N) is 2. The second-order valence-electron chi connectivity index (χ2n) is 3.19. The zero-order valence-corrected chi connectivity index (χ0v) is 10.9. The highest BCUT2D eigenvalue weighted by Gasteiger charge is 2.05. The first-order chi connectivity index (χ1) is 8.13. The quantitative estimate of drug-likeness (QED) is 0.837. The average molecular weight is 301 g/mol. The summed E-state index contributed by atoms with van der Waals surface area (Å²) in [6.07, 6.45) is 0.153. The number of ether oxygens (including phenoxy) is 1. The van der Waals surface area contributed by atoms with Crippen molar-refractivity contribution in [3.8, 4) is 0 Å². The Kier molecular flexibility index (Phi) is 5.48. The molecule has 17 heavy (non-hydrogen) atoms. The minimum atomic E-state index is -0.360. The zero-order chi connectivity index (χ0) is 12.7. The molecule has 0 bridgehead atoms. The first kappa shape index (κ1) is 13.5. The van der Waals surface area contributed by atoms with Crippen LogP contribution >= 0.6 is 15.9 Å². The van der Waals surface area contributed by atoms with Gasteiger partial charge in [0.2, 0.25) is 0 Å². The molecule has 0 atom stereocenters. The molecule has 0 spiro atoms. The number of hydrogen-bond acceptors (Lipinski definition) is 3. The Morgan fingerprint density at radius 2 is 2.06 bits per heavy atom. The first-order valence-corrected chi connectivity index (χ1v) is 5.79. The molecule has 0 heterocycles. The Morgan fingerprint density at radius 1 is 1.35 bits per heavy atom. The van der Waals surface area contributed by atoms with Gasteiger partial charge < -0.3 is 15.4 Å². The maximum Gasteiger partial charge on any atom is 0.319 e. The summed E-state index contributed by atoms with van der Waals surface area (Å²) in [5, 5.41) is 5.20. The number of amides is 2. The predicted octanol–water partition coefficient (Wildman–Crippen LogP) is 2.13. The van der Waals surface area contributed by atoms with E-state index in [0.717, 1.165) is 4.47 Å². The van der Waals surface area contributed by atoms with Crippen molar-refractivity contribution in [2.75, 3.05) is 19.0 Å². The number of rotatable bonds is 4. The van der Waals surface area contributed by atoms with Gasteiger partial charge in [0, 0.05) is 11.0 Å². The molecule has 1 aromatic carbocycles. The second-order valence-corrected chi connectivity index (χ2v) is 4.04. The van der Waals surface area contributed by atoms with Crippen molar-refractivity contribution in [3.63, 3.8) is 0 Å². The van der Waals surface area contributed by atoms with Crippen LogP contribution in [0.5, 0.6) is 0 Å². The lowest BCUT2D eigenvalue weighted by Crippen LogP contribution is -2.30. The van der Waals surface area contributed by atoms with Crippen LogP contribution in [0.1, 0.15) is 6.42 Å². The summed E-state index contributed by atoms with van der Waals surface area (Å²) >= 11 is 3.31. The third-order valence-corrected chi connectivity index (χ3v) is 2.66. The molecule has 1 rings (SSSR count). The predicted molar refractivity (Wildman–Crippen MR) is 67.8 cm³/mol. The van der Waals surface area contributed by atoms with E-state index in [0.29, 0.717) is 5.69 Å². The topological polar surface area (TPSA) is 67.4 Å². The van der Waals surface area contributed by atoms with Gasteiger partial charge in [0.15, 0.2) is 0 Å². The van der Waals surface area contributed by atoms with Crippen molar-refractivity contribution in [2.24, 2.45) is 0 Å². The number of hydrogen-bond donors (Lipinski definition) is 2. The van der Waals surface area contributed by atoms with Gasteiger partial charge in [0.1, 0.15) is 0 Å². The molecule has 0 aliphatic heterocycles. The van der Waals surface area contributed by atoms with E-state index in [1.807, 2.05) is 18.2 Å². The third kappa shape index (κ3) is 4.86. The average Bonchev–Trinajstić information content (AvgIpc) is 2.32. The molecule has 0 saturated carbocycles. The van der Waals surface area contributed by atoms with Crippen LogP contribution in [0.25, 0.3) is 0 Å². The van der Waals surface area contributed by atoms with Gasteiger partial charge in [-0.15, -0.1) is 0 Å². The summed E-state index contributed by atoms with van der Waals surface area (Å²) in [7, 11) is 1.31. The fraction of sp³-hybridized carbons (Fsp3) is 0.273. The van der Waals surface area contributed by atoms with Crippen LogP contribution < -0.4 is 10.6 Å². The van der Waals surface area contributed by atoms with Gasteiger partial charge in [0.25, 0.3) is 0 Å². The van der Waals surface area contributed by atoms with Crippen molar-refractivity contribution in [1.29, 1.82) is 0 Å². The number of halogens is 1. The number of benzene rings is 1. The van der Waals surface area contributed by atoms with Crippen molar-refractivity contribution >= 4 is 33.6 Å². The molecule has 0 unspecified atom stereocenters. The Labute approximate surface area is 108 Å². The number of anilines is 1. The lowest BCUT2D eigenvalue weighted by molar-refractivity contribution is -0.140.